The van der Waals surface area contributed by atoms with Gasteiger partial charge in [-0.3, -0.25) is 4.79 Å². The van der Waals surface area contributed by atoms with Gasteiger partial charge in [0.05, 0.1) is 23.4 Å². The van der Waals surface area contributed by atoms with Gasteiger partial charge in [0.2, 0.25) is 0 Å². The number of hydrogen-bond acceptors (Lipinski definition) is 4. The van der Waals surface area contributed by atoms with E-state index in [9.17, 15) is 13.6 Å². The highest BCUT2D eigenvalue weighted by atomic mass is 32.1. The van der Waals surface area contributed by atoms with Gasteiger partial charge >= 0.3 is 6.43 Å². The summed E-state index contributed by atoms with van der Waals surface area (Å²) >= 11 is 1.28. The number of amides is 1. The largest absolute Gasteiger partial charge is 0.342 e. The van der Waals surface area contributed by atoms with Crippen LogP contribution in [0, 0.1) is 11.3 Å². The van der Waals surface area contributed by atoms with Crippen molar-refractivity contribution in [3.05, 3.63) is 40.2 Å². The standard InChI is InChI=1S/C14H11F2N3OS/c1-8(18-13(20)12(15)16)14-19-11(7-21-14)10-4-2-9(6-17)3-5-10/h2-5,7-8,12H,1H3,(H,18,20)/t8-/m1/s1. The molecule has 0 fully saturated rings. The fourth-order valence-electron chi connectivity index (χ4n) is 1.67. The number of alkyl halides is 2. The van der Waals surface area contributed by atoms with Crippen molar-refractivity contribution in [1.82, 2.24) is 10.3 Å². The van der Waals surface area contributed by atoms with Gasteiger partial charge in [-0.25, -0.2) is 4.98 Å². The van der Waals surface area contributed by atoms with Crippen LogP contribution in [0.25, 0.3) is 11.3 Å². The van der Waals surface area contributed by atoms with Crippen molar-refractivity contribution in [3.8, 4) is 17.3 Å². The van der Waals surface area contributed by atoms with Crippen LogP contribution < -0.4 is 5.32 Å². The predicted octanol–water partition coefficient (Wildman–Crippen LogP) is 3.12. The lowest BCUT2D eigenvalue weighted by atomic mass is 10.1. The molecule has 0 aliphatic heterocycles. The molecule has 2 aromatic rings. The zero-order valence-corrected chi connectivity index (χ0v) is 11.8. The molecule has 0 saturated heterocycles. The highest BCUT2D eigenvalue weighted by Gasteiger charge is 2.20. The molecule has 1 aromatic heterocycles. The molecule has 0 aliphatic rings. The van der Waals surface area contributed by atoms with E-state index < -0.39 is 18.4 Å². The first-order valence-corrected chi connectivity index (χ1v) is 6.93. The molecule has 0 spiro atoms. The lowest BCUT2D eigenvalue weighted by molar-refractivity contribution is -0.132. The van der Waals surface area contributed by atoms with Crippen LogP contribution in [0.2, 0.25) is 0 Å². The molecular formula is C14H11F2N3OS. The third-order valence-electron chi connectivity index (χ3n) is 2.76. The van der Waals surface area contributed by atoms with Crippen molar-refractivity contribution >= 4 is 17.2 Å². The number of halogens is 2. The van der Waals surface area contributed by atoms with Gasteiger partial charge < -0.3 is 5.32 Å². The third kappa shape index (κ3) is 3.61. The summed E-state index contributed by atoms with van der Waals surface area (Å²) in [7, 11) is 0. The van der Waals surface area contributed by atoms with E-state index in [1.807, 2.05) is 6.07 Å². The van der Waals surface area contributed by atoms with E-state index in [-0.39, 0.29) is 0 Å². The molecule has 1 N–H and O–H groups in total. The van der Waals surface area contributed by atoms with E-state index >= 15 is 0 Å². The van der Waals surface area contributed by atoms with Crippen LogP contribution in [-0.4, -0.2) is 17.3 Å². The average Bonchev–Trinajstić information content (AvgIpc) is 2.97. The Hall–Kier alpha value is -2.33. The van der Waals surface area contributed by atoms with E-state index in [0.717, 1.165) is 5.56 Å². The third-order valence-corrected chi connectivity index (χ3v) is 3.79. The minimum atomic E-state index is -3.04. The first-order chi connectivity index (χ1) is 10.0. The van der Waals surface area contributed by atoms with Gasteiger partial charge in [0.25, 0.3) is 5.91 Å². The van der Waals surface area contributed by atoms with E-state index in [1.165, 1.54) is 11.3 Å². The molecule has 108 valence electrons. The molecule has 2 rings (SSSR count). The monoisotopic (exact) mass is 307 g/mol. The van der Waals surface area contributed by atoms with Crippen LogP contribution in [0.5, 0.6) is 0 Å². The van der Waals surface area contributed by atoms with Crippen molar-refractivity contribution in [2.45, 2.75) is 19.4 Å². The molecule has 1 heterocycles. The van der Waals surface area contributed by atoms with Gasteiger partial charge in [-0.2, -0.15) is 14.0 Å². The Bertz CT molecular complexity index is 676. The number of carbonyl (C=O) groups excluding carboxylic acids is 1. The molecular weight excluding hydrogens is 296 g/mol. The Labute approximate surface area is 124 Å². The van der Waals surface area contributed by atoms with Crippen LogP contribution in [0.1, 0.15) is 23.5 Å². The van der Waals surface area contributed by atoms with Crippen molar-refractivity contribution < 1.29 is 13.6 Å². The summed E-state index contributed by atoms with van der Waals surface area (Å²) in [6.45, 7) is 1.60. The fourth-order valence-corrected chi connectivity index (χ4v) is 2.51. The number of rotatable bonds is 4. The van der Waals surface area contributed by atoms with Crippen LogP contribution >= 0.6 is 11.3 Å². The summed E-state index contributed by atoms with van der Waals surface area (Å²) in [5.41, 5.74) is 2.05. The van der Waals surface area contributed by atoms with Crippen molar-refractivity contribution in [1.29, 1.82) is 5.26 Å². The van der Waals surface area contributed by atoms with Gasteiger partial charge in [-0.1, -0.05) is 12.1 Å². The SMILES string of the molecule is C[C@@H](NC(=O)C(F)F)c1nc(-c2ccc(C#N)cc2)cs1. The Morgan fingerprint density at radius 2 is 2.05 bits per heavy atom. The number of benzene rings is 1. The highest BCUT2D eigenvalue weighted by Crippen LogP contribution is 2.25. The Kier molecular flexibility index (Phi) is 4.60. The molecule has 0 bridgehead atoms. The molecule has 4 nitrogen and oxygen atoms in total. The van der Waals surface area contributed by atoms with Gasteiger partial charge in [-0.05, 0) is 19.1 Å². The maximum Gasteiger partial charge on any atom is 0.315 e. The molecule has 0 saturated carbocycles. The minimum Gasteiger partial charge on any atom is -0.342 e. The Morgan fingerprint density at radius 3 is 2.62 bits per heavy atom. The number of carbonyl (C=O) groups is 1. The zero-order chi connectivity index (χ0) is 15.4. The van der Waals surface area contributed by atoms with Crippen molar-refractivity contribution in [2.75, 3.05) is 0 Å². The minimum absolute atomic E-state index is 0.545. The molecule has 21 heavy (non-hydrogen) atoms. The summed E-state index contributed by atoms with van der Waals surface area (Å²) in [4.78, 5) is 15.3. The van der Waals surface area contributed by atoms with Crippen LogP contribution in [0.3, 0.4) is 0 Å². The molecule has 0 radical (unpaired) electrons. The molecule has 1 aromatic carbocycles. The van der Waals surface area contributed by atoms with Crippen molar-refractivity contribution in [2.24, 2.45) is 0 Å². The molecule has 1 amide bonds. The molecule has 0 aliphatic carbocycles. The summed E-state index contributed by atoms with van der Waals surface area (Å²) in [5, 5.41) is 13.3. The van der Waals surface area contributed by atoms with E-state index in [2.05, 4.69) is 10.3 Å². The van der Waals surface area contributed by atoms with Crippen LogP contribution in [0.15, 0.2) is 29.6 Å². The summed E-state index contributed by atoms with van der Waals surface area (Å²) in [6.07, 6.45) is -3.04. The summed E-state index contributed by atoms with van der Waals surface area (Å²) in [5.74, 6) is -1.31. The fraction of sp³-hybridized carbons (Fsp3) is 0.214. The quantitative estimate of drug-likeness (QED) is 0.943. The second-order valence-corrected chi connectivity index (χ2v) is 5.18. The summed E-state index contributed by atoms with van der Waals surface area (Å²) < 4.78 is 24.4. The van der Waals surface area contributed by atoms with Gasteiger partial charge in [0.1, 0.15) is 5.01 Å². The highest BCUT2D eigenvalue weighted by molar-refractivity contribution is 7.10. The van der Waals surface area contributed by atoms with Gasteiger partial charge in [-0.15, -0.1) is 11.3 Å². The summed E-state index contributed by atoms with van der Waals surface area (Å²) in [6, 6.07) is 8.33. The lowest BCUT2D eigenvalue weighted by Gasteiger charge is -2.10. The molecule has 7 heteroatoms. The number of nitriles is 1. The predicted molar refractivity (Wildman–Crippen MR) is 74.8 cm³/mol. The number of nitrogens with zero attached hydrogens (tertiary/aromatic N) is 2. The maximum absolute atomic E-state index is 12.2. The number of nitrogens with one attached hydrogen (secondary N) is 1. The maximum atomic E-state index is 12.2. The Morgan fingerprint density at radius 1 is 1.38 bits per heavy atom. The van der Waals surface area contributed by atoms with Crippen LogP contribution in [0.4, 0.5) is 8.78 Å². The van der Waals surface area contributed by atoms with Crippen molar-refractivity contribution in [3.63, 3.8) is 0 Å². The second kappa shape index (κ2) is 6.41. The first-order valence-electron chi connectivity index (χ1n) is 6.05. The smallest absolute Gasteiger partial charge is 0.315 e. The van der Waals surface area contributed by atoms with Gasteiger partial charge in [0, 0.05) is 10.9 Å². The van der Waals surface area contributed by atoms with E-state index in [1.54, 1.807) is 36.6 Å². The average molecular weight is 307 g/mol. The normalized spacial score (nSPS) is 12.0. The number of hydrogen-bond donors (Lipinski definition) is 1. The zero-order valence-electron chi connectivity index (χ0n) is 11.0. The second-order valence-electron chi connectivity index (χ2n) is 4.29. The topological polar surface area (TPSA) is 65.8 Å². The van der Waals surface area contributed by atoms with E-state index in [0.29, 0.717) is 16.3 Å². The van der Waals surface area contributed by atoms with Crippen LogP contribution in [-0.2, 0) is 4.79 Å². The van der Waals surface area contributed by atoms with Gasteiger partial charge in [0.15, 0.2) is 0 Å². The Balaban J connectivity index is 2.13. The molecule has 0 unspecified atom stereocenters. The lowest BCUT2D eigenvalue weighted by Crippen LogP contribution is -2.31. The number of aromatic nitrogens is 1. The number of thiazole rings is 1. The van der Waals surface area contributed by atoms with E-state index in [4.69, 9.17) is 5.26 Å². The molecule has 1 atom stereocenters. The first kappa shape index (κ1) is 15.1.